The molecule has 0 saturated carbocycles. The van der Waals surface area contributed by atoms with Crippen LogP contribution in [0.5, 0.6) is 0 Å². The molecule has 132 valence electrons. The van der Waals surface area contributed by atoms with E-state index in [1.54, 1.807) is 0 Å². The van der Waals surface area contributed by atoms with Gasteiger partial charge in [-0.15, -0.1) is 0 Å². The molecule has 1 aliphatic heterocycles. The summed E-state index contributed by atoms with van der Waals surface area (Å²) in [6.07, 6.45) is 0.0253. The van der Waals surface area contributed by atoms with Crippen molar-refractivity contribution in [3.63, 3.8) is 0 Å². The van der Waals surface area contributed by atoms with Crippen LogP contribution in [0.3, 0.4) is 0 Å². The largest absolute Gasteiger partial charge is 0.363 e. The standard InChI is InChI=1S/C18H18FNO4S/c19-14-5-7-15(8-6-14)25(22,23)12-10-20-18(21)17-16-4-2-1-3-13(16)9-11-24-17/h1-8,17H,9-12H2,(H,20,21). The van der Waals surface area contributed by atoms with E-state index in [0.29, 0.717) is 6.61 Å². The fraction of sp³-hybridized carbons (Fsp3) is 0.278. The van der Waals surface area contributed by atoms with Gasteiger partial charge in [0.05, 0.1) is 17.3 Å². The van der Waals surface area contributed by atoms with Crippen LogP contribution in [-0.4, -0.2) is 33.2 Å². The third-order valence-electron chi connectivity index (χ3n) is 4.07. The molecule has 1 atom stereocenters. The number of fused-ring (bicyclic) bond motifs is 1. The summed E-state index contributed by atoms with van der Waals surface area (Å²) >= 11 is 0. The zero-order chi connectivity index (χ0) is 17.9. The van der Waals surface area contributed by atoms with Crippen LogP contribution >= 0.6 is 0 Å². The summed E-state index contributed by atoms with van der Waals surface area (Å²) in [5.41, 5.74) is 1.88. The number of carbonyl (C=O) groups excluding carboxylic acids is 1. The van der Waals surface area contributed by atoms with Gasteiger partial charge >= 0.3 is 0 Å². The maximum absolute atomic E-state index is 12.9. The maximum atomic E-state index is 12.9. The van der Waals surface area contributed by atoms with Crippen LogP contribution in [-0.2, 0) is 25.8 Å². The normalized spacial score (nSPS) is 16.9. The first-order valence-electron chi connectivity index (χ1n) is 7.93. The summed E-state index contributed by atoms with van der Waals surface area (Å²) in [5.74, 6) is -1.12. The van der Waals surface area contributed by atoms with E-state index in [0.717, 1.165) is 29.7 Å². The quantitative estimate of drug-likeness (QED) is 0.825. The van der Waals surface area contributed by atoms with E-state index < -0.39 is 21.8 Å². The van der Waals surface area contributed by atoms with Gasteiger partial charge in [0.1, 0.15) is 5.82 Å². The van der Waals surface area contributed by atoms with Crippen LogP contribution in [0.25, 0.3) is 0 Å². The van der Waals surface area contributed by atoms with Crippen molar-refractivity contribution in [1.82, 2.24) is 5.32 Å². The minimum atomic E-state index is -3.59. The number of nitrogens with one attached hydrogen (secondary N) is 1. The first-order valence-corrected chi connectivity index (χ1v) is 9.58. The lowest BCUT2D eigenvalue weighted by Crippen LogP contribution is -2.36. The number of sulfone groups is 1. The molecular formula is C18H18FNO4S. The Kier molecular flexibility index (Phi) is 5.15. The lowest BCUT2D eigenvalue weighted by Gasteiger charge is -2.25. The van der Waals surface area contributed by atoms with Crippen molar-refractivity contribution < 1.29 is 22.3 Å². The summed E-state index contributed by atoms with van der Waals surface area (Å²) in [7, 11) is -3.59. The predicted molar refractivity (Wildman–Crippen MR) is 90.3 cm³/mol. The predicted octanol–water partition coefficient (Wildman–Crippen LogP) is 2.03. The number of carbonyl (C=O) groups is 1. The Morgan fingerprint density at radius 1 is 1.16 bits per heavy atom. The van der Waals surface area contributed by atoms with Gasteiger partial charge in [0.2, 0.25) is 0 Å². The Labute approximate surface area is 145 Å². The summed E-state index contributed by atoms with van der Waals surface area (Å²) in [5, 5.41) is 2.61. The van der Waals surface area contributed by atoms with Crippen molar-refractivity contribution in [2.24, 2.45) is 0 Å². The van der Waals surface area contributed by atoms with Crippen LogP contribution in [0, 0.1) is 5.82 Å². The van der Waals surface area contributed by atoms with Crippen molar-refractivity contribution in [3.05, 3.63) is 65.5 Å². The number of ether oxygens (including phenoxy) is 1. The number of rotatable bonds is 5. The highest BCUT2D eigenvalue weighted by molar-refractivity contribution is 7.91. The zero-order valence-corrected chi connectivity index (χ0v) is 14.3. The van der Waals surface area contributed by atoms with Gasteiger partial charge in [-0.25, -0.2) is 12.8 Å². The summed E-state index contributed by atoms with van der Waals surface area (Å²) in [6.45, 7) is 0.406. The lowest BCUT2D eigenvalue weighted by molar-refractivity contribution is -0.133. The van der Waals surface area contributed by atoms with Crippen LogP contribution in [0.4, 0.5) is 4.39 Å². The van der Waals surface area contributed by atoms with Crippen molar-refractivity contribution in [3.8, 4) is 0 Å². The Morgan fingerprint density at radius 2 is 1.88 bits per heavy atom. The van der Waals surface area contributed by atoms with Crippen molar-refractivity contribution in [2.45, 2.75) is 17.4 Å². The van der Waals surface area contributed by atoms with E-state index in [2.05, 4.69) is 5.32 Å². The Hall–Kier alpha value is -2.25. The number of hydrogen-bond donors (Lipinski definition) is 1. The maximum Gasteiger partial charge on any atom is 0.253 e. The van der Waals surface area contributed by atoms with Gasteiger partial charge in [0, 0.05) is 6.54 Å². The van der Waals surface area contributed by atoms with Crippen LogP contribution in [0.1, 0.15) is 17.2 Å². The molecule has 25 heavy (non-hydrogen) atoms. The van der Waals surface area contributed by atoms with Gasteiger partial charge < -0.3 is 10.1 Å². The van der Waals surface area contributed by atoms with E-state index in [9.17, 15) is 17.6 Å². The second kappa shape index (κ2) is 7.33. The Bertz CT molecular complexity index is 865. The average molecular weight is 363 g/mol. The highest BCUT2D eigenvalue weighted by Crippen LogP contribution is 2.26. The number of benzene rings is 2. The molecule has 7 heteroatoms. The van der Waals surface area contributed by atoms with Gasteiger partial charge in [-0.05, 0) is 41.8 Å². The van der Waals surface area contributed by atoms with E-state index in [1.165, 1.54) is 12.1 Å². The highest BCUT2D eigenvalue weighted by atomic mass is 32.2. The van der Waals surface area contributed by atoms with E-state index in [4.69, 9.17) is 4.74 Å². The summed E-state index contributed by atoms with van der Waals surface area (Å²) in [4.78, 5) is 12.4. The molecule has 2 aromatic carbocycles. The molecule has 1 amide bonds. The third-order valence-corrected chi connectivity index (χ3v) is 5.81. The molecule has 3 rings (SSSR count). The molecule has 0 fully saturated rings. The molecule has 1 unspecified atom stereocenters. The van der Waals surface area contributed by atoms with Crippen molar-refractivity contribution in [2.75, 3.05) is 18.9 Å². The monoisotopic (exact) mass is 363 g/mol. The van der Waals surface area contributed by atoms with E-state index >= 15 is 0 Å². The first-order chi connectivity index (χ1) is 12.0. The molecule has 1 N–H and O–H groups in total. The first kappa shape index (κ1) is 17.6. The molecule has 1 aliphatic rings. The van der Waals surface area contributed by atoms with Crippen LogP contribution < -0.4 is 5.32 Å². The van der Waals surface area contributed by atoms with Crippen LogP contribution in [0.2, 0.25) is 0 Å². The second-order valence-corrected chi connectivity index (χ2v) is 7.87. The minimum absolute atomic E-state index is 0.0300. The molecule has 5 nitrogen and oxygen atoms in total. The fourth-order valence-corrected chi connectivity index (χ4v) is 3.93. The molecule has 2 aromatic rings. The molecule has 0 bridgehead atoms. The van der Waals surface area contributed by atoms with Crippen molar-refractivity contribution in [1.29, 1.82) is 0 Å². The smallest absolute Gasteiger partial charge is 0.253 e. The molecular weight excluding hydrogens is 345 g/mol. The molecule has 1 heterocycles. The van der Waals surface area contributed by atoms with E-state index in [-0.39, 0.29) is 23.1 Å². The van der Waals surface area contributed by atoms with Crippen molar-refractivity contribution >= 4 is 15.7 Å². The Morgan fingerprint density at radius 3 is 2.64 bits per heavy atom. The van der Waals surface area contributed by atoms with Gasteiger partial charge in [-0.3, -0.25) is 4.79 Å². The minimum Gasteiger partial charge on any atom is -0.363 e. The summed E-state index contributed by atoms with van der Waals surface area (Å²) < 4.78 is 42.8. The van der Waals surface area contributed by atoms with E-state index in [1.807, 2.05) is 24.3 Å². The number of hydrogen-bond acceptors (Lipinski definition) is 4. The highest BCUT2D eigenvalue weighted by Gasteiger charge is 2.27. The van der Waals surface area contributed by atoms with Gasteiger partial charge in [-0.2, -0.15) is 0 Å². The number of amides is 1. The van der Waals surface area contributed by atoms with Crippen LogP contribution in [0.15, 0.2) is 53.4 Å². The second-order valence-electron chi connectivity index (χ2n) is 5.76. The number of halogens is 1. The Balaban J connectivity index is 1.61. The molecule has 0 saturated heterocycles. The molecule has 0 aliphatic carbocycles. The van der Waals surface area contributed by atoms with Gasteiger partial charge in [0.25, 0.3) is 5.91 Å². The average Bonchev–Trinajstić information content (AvgIpc) is 2.61. The fourth-order valence-electron chi connectivity index (χ4n) is 2.77. The lowest BCUT2D eigenvalue weighted by atomic mass is 9.97. The molecule has 0 spiro atoms. The third kappa shape index (κ3) is 4.05. The summed E-state index contributed by atoms with van der Waals surface area (Å²) in [6, 6.07) is 12.2. The molecule has 0 radical (unpaired) electrons. The van der Waals surface area contributed by atoms with Gasteiger partial charge in [0.15, 0.2) is 15.9 Å². The zero-order valence-electron chi connectivity index (χ0n) is 13.4. The van der Waals surface area contributed by atoms with Gasteiger partial charge in [-0.1, -0.05) is 24.3 Å². The topological polar surface area (TPSA) is 72.5 Å². The SMILES string of the molecule is O=C(NCCS(=O)(=O)c1ccc(F)cc1)C1OCCc2ccccc21. The molecule has 0 aromatic heterocycles.